The minimum absolute atomic E-state index is 0.359. The molecule has 0 radical (unpaired) electrons. The van der Waals surface area contributed by atoms with Crippen molar-refractivity contribution < 1.29 is 0 Å². The molecule has 0 aliphatic heterocycles. The number of hydrogen-bond acceptors (Lipinski definition) is 1. The van der Waals surface area contributed by atoms with Crippen LogP contribution in [0.25, 0.3) is 0 Å². The van der Waals surface area contributed by atoms with Gasteiger partial charge in [0.25, 0.3) is 0 Å². The van der Waals surface area contributed by atoms with Crippen LogP contribution < -0.4 is 5.73 Å². The summed E-state index contributed by atoms with van der Waals surface area (Å²) in [5, 5.41) is 0. The van der Waals surface area contributed by atoms with E-state index >= 15 is 0 Å². The van der Waals surface area contributed by atoms with Crippen molar-refractivity contribution in [2.24, 2.45) is 11.7 Å². The van der Waals surface area contributed by atoms with Crippen molar-refractivity contribution >= 4 is 0 Å². The van der Waals surface area contributed by atoms with E-state index < -0.39 is 0 Å². The van der Waals surface area contributed by atoms with Gasteiger partial charge in [-0.25, -0.2) is 0 Å². The molecule has 3 rings (SSSR count). The summed E-state index contributed by atoms with van der Waals surface area (Å²) >= 11 is 0. The highest BCUT2D eigenvalue weighted by atomic mass is 14.7. The molecule has 0 aromatic heterocycles. The Morgan fingerprint density at radius 2 is 2.07 bits per heavy atom. The molecule has 0 amide bonds. The van der Waals surface area contributed by atoms with E-state index in [0.29, 0.717) is 17.9 Å². The maximum absolute atomic E-state index is 6.15. The zero-order chi connectivity index (χ0) is 9.54. The molecule has 2 aliphatic carbocycles. The number of rotatable bonds is 0. The van der Waals surface area contributed by atoms with Gasteiger partial charge < -0.3 is 5.73 Å². The standard InChI is InChI=1S/C13H15N/c14-13-7-3-6-11-10-5-2-1-4-9(10)8-12(11)13/h1-6,11-13H,7-8,14H2/t11?,12-,13?/m0/s1. The Hall–Kier alpha value is -1.08. The molecule has 0 saturated heterocycles. The van der Waals surface area contributed by atoms with Crippen LogP contribution in [0.1, 0.15) is 23.5 Å². The zero-order valence-electron chi connectivity index (χ0n) is 8.19. The fourth-order valence-corrected chi connectivity index (χ4v) is 2.88. The third kappa shape index (κ3) is 1.05. The molecule has 1 heteroatoms. The van der Waals surface area contributed by atoms with Gasteiger partial charge in [0, 0.05) is 12.0 Å². The van der Waals surface area contributed by atoms with E-state index in [-0.39, 0.29) is 0 Å². The maximum Gasteiger partial charge on any atom is 0.0114 e. The van der Waals surface area contributed by atoms with Crippen LogP contribution in [-0.2, 0) is 6.42 Å². The van der Waals surface area contributed by atoms with E-state index in [9.17, 15) is 0 Å². The third-order valence-corrected chi connectivity index (χ3v) is 3.63. The van der Waals surface area contributed by atoms with Crippen molar-refractivity contribution in [2.45, 2.75) is 24.8 Å². The van der Waals surface area contributed by atoms with Gasteiger partial charge in [-0.1, -0.05) is 36.4 Å². The average Bonchev–Trinajstić information content (AvgIpc) is 2.59. The molecule has 3 atom stereocenters. The van der Waals surface area contributed by atoms with Crippen molar-refractivity contribution in [3.8, 4) is 0 Å². The van der Waals surface area contributed by atoms with Crippen molar-refractivity contribution in [1.82, 2.24) is 0 Å². The van der Waals surface area contributed by atoms with Crippen LogP contribution in [-0.4, -0.2) is 6.04 Å². The van der Waals surface area contributed by atoms with Gasteiger partial charge in [-0.2, -0.15) is 0 Å². The number of benzene rings is 1. The van der Waals surface area contributed by atoms with E-state index in [4.69, 9.17) is 5.73 Å². The Morgan fingerprint density at radius 1 is 1.21 bits per heavy atom. The van der Waals surface area contributed by atoms with E-state index in [0.717, 1.165) is 6.42 Å². The molecule has 0 bridgehead atoms. The van der Waals surface area contributed by atoms with Crippen LogP contribution in [0.15, 0.2) is 36.4 Å². The van der Waals surface area contributed by atoms with Gasteiger partial charge in [0.2, 0.25) is 0 Å². The number of fused-ring (bicyclic) bond motifs is 3. The van der Waals surface area contributed by atoms with E-state index in [2.05, 4.69) is 36.4 Å². The molecule has 1 aromatic rings. The summed E-state index contributed by atoms with van der Waals surface area (Å²) < 4.78 is 0. The first-order valence-electron chi connectivity index (χ1n) is 5.36. The molecule has 1 nitrogen and oxygen atoms in total. The fraction of sp³-hybridized carbons (Fsp3) is 0.385. The molecule has 14 heavy (non-hydrogen) atoms. The van der Waals surface area contributed by atoms with Gasteiger partial charge in [-0.3, -0.25) is 0 Å². The molecular weight excluding hydrogens is 170 g/mol. The summed E-state index contributed by atoms with van der Waals surface area (Å²) in [4.78, 5) is 0. The molecule has 0 fully saturated rings. The van der Waals surface area contributed by atoms with Crippen LogP contribution in [0.4, 0.5) is 0 Å². The van der Waals surface area contributed by atoms with E-state index in [1.165, 1.54) is 17.5 Å². The van der Waals surface area contributed by atoms with Gasteiger partial charge in [0.1, 0.15) is 0 Å². The van der Waals surface area contributed by atoms with E-state index in [1.807, 2.05) is 0 Å². The van der Waals surface area contributed by atoms with Crippen molar-refractivity contribution in [3.63, 3.8) is 0 Å². The van der Waals surface area contributed by atoms with Gasteiger partial charge in [0.05, 0.1) is 0 Å². The van der Waals surface area contributed by atoms with Crippen molar-refractivity contribution in [3.05, 3.63) is 47.5 Å². The molecule has 0 spiro atoms. The zero-order valence-corrected chi connectivity index (χ0v) is 8.19. The molecule has 0 saturated carbocycles. The molecule has 2 N–H and O–H groups in total. The Labute approximate surface area is 84.6 Å². The van der Waals surface area contributed by atoms with Gasteiger partial charge in [0.15, 0.2) is 0 Å². The predicted octanol–water partition coefficient (Wildman–Crippen LogP) is 2.23. The average molecular weight is 185 g/mol. The summed E-state index contributed by atoms with van der Waals surface area (Å²) in [5.74, 6) is 1.24. The van der Waals surface area contributed by atoms with Crippen LogP contribution in [0.5, 0.6) is 0 Å². The van der Waals surface area contributed by atoms with Crippen LogP contribution >= 0.6 is 0 Å². The summed E-state index contributed by atoms with van der Waals surface area (Å²) in [6, 6.07) is 9.12. The molecule has 0 heterocycles. The number of hydrogen-bond donors (Lipinski definition) is 1. The Morgan fingerprint density at radius 3 is 3.00 bits per heavy atom. The fourth-order valence-electron chi connectivity index (χ4n) is 2.88. The highest BCUT2D eigenvalue weighted by molar-refractivity contribution is 5.40. The largest absolute Gasteiger partial charge is 0.327 e. The Bertz CT molecular complexity index is 381. The molecule has 72 valence electrons. The second kappa shape index (κ2) is 2.96. The quantitative estimate of drug-likeness (QED) is 0.616. The summed E-state index contributed by atoms with van der Waals surface area (Å²) in [5.41, 5.74) is 9.16. The van der Waals surface area contributed by atoms with Gasteiger partial charge >= 0.3 is 0 Å². The first kappa shape index (κ1) is 8.25. The SMILES string of the molecule is NC1CC=CC2c3ccccc3C[C@H]12. The van der Waals surface area contributed by atoms with Crippen molar-refractivity contribution in [1.29, 1.82) is 0 Å². The second-order valence-corrected chi connectivity index (χ2v) is 4.42. The van der Waals surface area contributed by atoms with E-state index in [1.54, 1.807) is 0 Å². The number of allylic oxidation sites excluding steroid dienone is 1. The normalized spacial score (nSPS) is 33.9. The lowest BCUT2D eigenvalue weighted by Gasteiger charge is -2.27. The Balaban J connectivity index is 2.07. The lowest BCUT2D eigenvalue weighted by atomic mass is 9.81. The summed E-state index contributed by atoms with van der Waals surface area (Å²) in [6.45, 7) is 0. The van der Waals surface area contributed by atoms with Crippen LogP contribution in [0.2, 0.25) is 0 Å². The minimum Gasteiger partial charge on any atom is -0.327 e. The smallest absolute Gasteiger partial charge is 0.0114 e. The van der Waals surface area contributed by atoms with Crippen LogP contribution in [0, 0.1) is 5.92 Å². The summed E-state index contributed by atoms with van der Waals surface area (Å²) in [7, 11) is 0. The highest BCUT2D eigenvalue weighted by Crippen LogP contribution is 2.42. The van der Waals surface area contributed by atoms with Gasteiger partial charge in [-0.15, -0.1) is 0 Å². The Kier molecular flexibility index (Phi) is 1.74. The first-order chi connectivity index (χ1) is 6.86. The topological polar surface area (TPSA) is 26.0 Å². The monoisotopic (exact) mass is 185 g/mol. The second-order valence-electron chi connectivity index (χ2n) is 4.42. The predicted molar refractivity (Wildman–Crippen MR) is 58.1 cm³/mol. The first-order valence-corrected chi connectivity index (χ1v) is 5.36. The van der Waals surface area contributed by atoms with Crippen molar-refractivity contribution in [2.75, 3.05) is 0 Å². The highest BCUT2D eigenvalue weighted by Gasteiger charge is 2.35. The molecule has 1 aromatic carbocycles. The number of nitrogens with two attached hydrogens (primary N) is 1. The third-order valence-electron chi connectivity index (χ3n) is 3.63. The molecule has 2 aliphatic rings. The lowest BCUT2D eigenvalue weighted by Crippen LogP contribution is -2.33. The minimum atomic E-state index is 0.359. The molecular formula is C13H15N. The summed E-state index contributed by atoms with van der Waals surface area (Å²) in [6.07, 6.45) is 6.81. The van der Waals surface area contributed by atoms with Crippen LogP contribution in [0.3, 0.4) is 0 Å². The molecule has 2 unspecified atom stereocenters. The lowest BCUT2D eigenvalue weighted by molar-refractivity contribution is 0.395. The maximum atomic E-state index is 6.15. The van der Waals surface area contributed by atoms with Gasteiger partial charge in [-0.05, 0) is 29.9 Å².